The molecular weight excluding hydrogens is 309 g/mol. The van der Waals surface area contributed by atoms with E-state index in [2.05, 4.69) is 10.4 Å². The van der Waals surface area contributed by atoms with Gasteiger partial charge in [-0.1, -0.05) is 24.3 Å². The van der Waals surface area contributed by atoms with Crippen LogP contribution in [0.1, 0.15) is 11.3 Å². The number of carbonyl (C=O) groups is 1. The summed E-state index contributed by atoms with van der Waals surface area (Å²) in [6.07, 6.45) is 0. The maximum absolute atomic E-state index is 13.3. The quantitative estimate of drug-likeness (QED) is 0.805. The van der Waals surface area contributed by atoms with Crippen molar-refractivity contribution >= 4 is 22.4 Å². The van der Waals surface area contributed by atoms with Crippen molar-refractivity contribution < 1.29 is 9.18 Å². The van der Waals surface area contributed by atoms with Crippen LogP contribution >= 0.6 is 0 Å². The lowest BCUT2D eigenvalue weighted by molar-refractivity contribution is -0.117. The predicted octanol–water partition coefficient (Wildman–Crippen LogP) is 2.79. The Labute approximate surface area is 137 Å². The number of hydrogen-bond donors (Lipinski definition) is 1. The summed E-state index contributed by atoms with van der Waals surface area (Å²) >= 11 is 0. The summed E-state index contributed by atoms with van der Waals surface area (Å²) in [5, 5.41) is 8.08. The molecule has 1 N–H and O–H groups in total. The smallest absolute Gasteiger partial charge is 0.275 e. The number of nitrogens with one attached hydrogen (secondary N) is 1. The summed E-state index contributed by atoms with van der Waals surface area (Å²) in [6, 6.07) is 11.3. The Morgan fingerprint density at radius 2 is 1.88 bits per heavy atom. The third-order valence-corrected chi connectivity index (χ3v) is 3.82. The van der Waals surface area contributed by atoms with E-state index in [1.807, 2.05) is 12.1 Å². The van der Waals surface area contributed by atoms with Gasteiger partial charge in [0.15, 0.2) is 0 Å². The highest BCUT2D eigenvalue weighted by Crippen LogP contribution is 2.16. The zero-order chi connectivity index (χ0) is 17.3. The molecule has 1 amide bonds. The highest BCUT2D eigenvalue weighted by molar-refractivity contribution is 5.91. The molecule has 24 heavy (non-hydrogen) atoms. The first-order valence-corrected chi connectivity index (χ1v) is 7.48. The van der Waals surface area contributed by atoms with Gasteiger partial charge in [-0.3, -0.25) is 9.59 Å². The van der Waals surface area contributed by atoms with Crippen LogP contribution in [0.3, 0.4) is 0 Å². The number of amides is 1. The second-order valence-corrected chi connectivity index (χ2v) is 5.60. The molecule has 0 saturated heterocycles. The van der Waals surface area contributed by atoms with Gasteiger partial charge in [0.2, 0.25) is 5.91 Å². The van der Waals surface area contributed by atoms with Gasteiger partial charge in [0.25, 0.3) is 5.56 Å². The van der Waals surface area contributed by atoms with E-state index in [-0.39, 0.29) is 12.1 Å². The van der Waals surface area contributed by atoms with E-state index >= 15 is 0 Å². The predicted molar refractivity (Wildman–Crippen MR) is 90.5 cm³/mol. The van der Waals surface area contributed by atoms with E-state index in [0.717, 1.165) is 15.6 Å². The van der Waals surface area contributed by atoms with Gasteiger partial charge in [0.1, 0.15) is 12.4 Å². The molecule has 0 aliphatic rings. The van der Waals surface area contributed by atoms with Crippen LogP contribution in [0.25, 0.3) is 10.8 Å². The molecule has 3 aromatic rings. The lowest BCUT2D eigenvalue weighted by atomic mass is 10.1. The Bertz CT molecular complexity index is 995. The third-order valence-electron chi connectivity index (χ3n) is 3.82. The Morgan fingerprint density at radius 1 is 1.17 bits per heavy atom. The first-order valence-electron chi connectivity index (χ1n) is 7.48. The molecule has 6 heteroatoms. The summed E-state index contributed by atoms with van der Waals surface area (Å²) in [6.45, 7) is 3.31. The Morgan fingerprint density at radius 3 is 2.62 bits per heavy atom. The van der Waals surface area contributed by atoms with E-state index in [1.54, 1.807) is 32.0 Å². The van der Waals surface area contributed by atoms with Crippen LogP contribution in [0.2, 0.25) is 0 Å². The fourth-order valence-electron chi connectivity index (χ4n) is 2.57. The maximum Gasteiger partial charge on any atom is 0.275 e. The van der Waals surface area contributed by atoms with Crippen LogP contribution in [0.5, 0.6) is 0 Å². The first-order chi connectivity index (χ1) is 11.5. The number of fused-ring (bicyclic) bond motifs is 1. The van der Waals surface area contributed by atoms with Crippen LogP contribution < -0.4 is 10.9 Å². The molecule has 0 aliphatic heterocycles. The summed E-state index contributed by atoms with van der Waals surface area (Å²) in [5.74, 6) is -0.874. The normalized spacial score (nSPS) is 10.8. The number of aryl methyl sites for hydroxylation is 2. The minimum atomic E-state index is -0.437. The number of carbonyl (C=O) groups excluding carboxylic acids is 1. The Balaban J connectivity index is 1.90. The summed E-state index contributed by atoms with van der Waals surface area (Å²) in [5.41, 5.74) is 1.45. The number of nitrogens with zero attached hydrogens (tertiary/aromatic N) is 2. The average Bonchev–Trinajstić information content (AvgIpc) is 2.56. The van der Waals surface area contributed by atoms with Gasteiger partial charge < -0.3 is 5.32 Å². The lowest BCUT2D eigenvalue weighted by Gasteiger charge is -2.11. The zero-order valence-electron chi connectivity index (χ0n) is 13.3. The van der Waals surface area contributed by atoms with E-state index < -0.39 is 11.7 Å². The maximum atomic E-state index is 13.3. The standard InChI is InChI=1S/C18H16FN3O2/c1-11-7-8-13(19)9-16(11)20-17(23)10-22-18(24)15-6-4-3-5-14(15)12(2)21-22/h3-9H,10H2,1-2H3,(H,20,23). The monoisotopic (exact) mass is 325 g/mol. The van der Waals surface area contributed by atoms with Crippen LogP contribution in [-0.2, 0) is 11.3 Å². The minimum absolute atomic E-state index is 0.236. The Kier molecular flexibility index (Phi) is 4.12. The molecule has 0 bridgehead atoms. The number of hydrogen-bond acceptors (Lipinski definition) is 3. The zero-order valence-corrected chi connectivity index (χ0v) is 13.3. The summed E-state index contributed by atoms with van der Waals surface area (Å²) in [4.78, 5) is 24.7. The minimum Gasteiger partial charge on any atom is -0.324 e. The molecule has 0 radical (unpaired) electrons. The fourth-order valence-corrected chi connectivity index (χ4v) is 2.57. The van der Waals surface area contributed by atoms with Crippen LogP contribution in [0.4, 0.5) is 10.1 Å². The van der Waals surface area contributed by atoms with Crippen molar-refractivity contribution in [3.05, 3.63) is 69.9 Å². The molecule has 1 heterocycles. The third kappa shape index (κ3) is 3.03. The molecule has 0 spiro atoms. The summed E-state index contributed by atoms with van der Waals surface area (Å²) in [7, 11) is 0. The van der Waals surface area contributed by atoms with Crippen molar-refractivity contribution in [3.8, 4) is 0 Å². The molecule has 3 rings (SSSR count). The highest BCUT2D eigenvalue weighted by atomic mass is 19.1. The topological polar surface area (TPSA) is 64.0 Å². The fraction of sp³-hybridized carbons (Fsp3) is 0.167. The number of halogens is 1. The molecular formula is C18H16FN3O2. The molecule has 0 aliphatic carbocycles. The SMILES string of the molecule is Cc1ccc(F)cc1NC(=O)Cn1nc(C)c2ccccc2c1=O. The lowest BCUT2D eigenvalue weighted by Crippen LogP contribution is -2.30. The highest BCUT2D eigenvalue weighted by Gasteiger charge is 2.12. The van der Waals surface area contributed by atoms with Crippen molar-refractivity contribution in [2.45, 2.75) is 20.4 Å². The molecule has 1 aromatic heterocycles. The molecule has 0 atom stereocenters. The van der Waals surface area contributed by atoms with E-state index in [1.165, 1.54) is 12.1 Å². The van der Waals surface area contributed by atoms with Gasteiger partial charge in [-0.15, -0.1) is 0 Å². The summed E-state index contributed by atoms with van der Waals surface area (Å²) < 4.78 is 14.4. The number of aromatic nitrogens is 2. The van der Waals surface area contributed by atoms with Crippen LogP contribution in [-0.4, -0.2) is 15.7 Å². The van der Waals surface area contributed by atoms with Gasteiger partial charge in [-0.25, -0.2) is 9.07 Å². The molecule has 0 fully saturated rings. The second kappa shape index (κ2) is 6.23. The second-order valence-electron chi connectivity index (χ2n) is 5.60. The van der Waals surface area contributed by atoms with Gasteiger partial charge in [-0.2, -0.15) is 5.10 Å². The van der Waals surface area contributed by atoms with Gasteiger partial charge in [0.05, 0.1) is 11.1 Å². The number of rotatable bonds is 3. The Hall–Kier alpha value is -3.02. The molecule has 2 aromatic carbocycles. The molecule has 0 unspecified atom stereocenters. The van der Waals surface area contributed by atoms with Crippen molar-refractivity contribution in [2.24, 2.45) is 0 Å². The van der Waals surface area contributed by atoms with Crippen LogP contribution in [0, 0.1) is 19.7 Å². The first kappa shape index (κ1) is 15.9. The molecule has 0 saturated carbocycles. The van der Waals surface area contributed by atoms with Crippen molar-refractivity contribution in [1.82, 2.24) is 9.78 Å². The average molecular weight is 325 g/mol. The van der Waals surface area contributed by atoms with Crippen molar-refractivity contribution in [1.29, 1.82) is 0 Å². The van der Waals surface area contributed by atoms with Crippen LogP contribution in [0.15, 0.2) is 47.3 Å². The number of anilines is 1. The largest absolute Gasteiger partial charge is 0.324 e. The van der Waals surface area contributed by atoms with Gasteiger partial charge >= 0.3 is 0 Å². The van der Waals surface area contributed by atoms with E-state index in [9.17, 15) is 14.0 Å². The van der Waals surface area contributed by atoms with Crippen molar-refractivity contribution in [2.75, 3.05) is 5.32 Å². The number of benzene rings is 2. The molecule has 122 valence electrons. The molecule has 5 nitrogen and oxygen atoms in total. The van der Waals surface area contributed by atoms with Crippen molar-refractivity contribution in [3.63, 3.8) is 0 Å². The van der Waals surface area contributed by atoms with Gasteiger partial charge in [-0.05, 0) is 37.6 Å². The van der Waals surface area contributed by atoms with E-state index in [0.29, 0.717) is 16.8 Å². The van der Waals surface area contributed by atoms with Gasteiger partial charge in [0, 0.05) is 11.1 Å². The van der Waals surface area contributed by atoms with E-state index in [4.69, 9.17) is 0 Å².